The van der Waals surface area contributed by atoms with Crippen LogP contribution in [0.5, 0.6) is 0 Å². The Morgan fingerprint density at radius 1 is 1.15 bits per heavy atom. The molecule has 0 saturated heterocycles. The molecular formula is C15H11N3O2. The van der Waals surface area contributed by atoms with E-state index in [1.54, 1.807) is 24.5 Å². The van der Waals surface area contributed by atoms with Gasteiger partial charge in [0.1, 0.15) is 5.76 Å². The maximum atomic E-state index is 8.87. The number of benzene rings is 1. The van der Waals surface area contributed by atoms with Crippen LogP contribution in [0.3, 0.4) is 0 Å². The van der Waals surface area contributed by atoms with Crippen LogP contribution in [0.2, 0.25) is 0 Å². The molecule has 3 aromatic rings. The highest BCUT2D eigenvalue weighted by Crippen LogP contribution is 2.27. The number of aromatic nitrogens is 2. The summed E-state index contributed by atoms with van der Waals surface area (Å²) in [4.78, 5) is 4.38. The fraction of sp³-hybridized carbons (Fsp3) is 0.133. The molecule has 0 unspecified atom stereocenters. The van der Waals surface area contributed by atoms with E-state index < -0.39 is 0 Å². The second kappa shape index (κ2) is 4.67. The van der Waals surface area contributed by atoms with Gasteiger partial charge in [0, 0.05) is 5.56 Å². The van der Waals surface area contributed by atoms with Gasteiger partial charge in [-0.3, -0.25) is 0 Å². The first kappa shape index (κ1) is 12.2. The van der Waals surface area contributed by atoms with E-state index >= 15 is 0 Å². The van der Waals surface area contributed by atoms with Gasteiger partial charge >= 0.3 is 0 Å². The molecule has 2 aromatic heterocycles. The van der Waals surface area contributed by atoms with Gasteiger partial charge in [0.15, 0.2) is 0 Å². The molecule has 0 aliphatic carbocycles. The quantitative estimate of drug-likeness (QED) is 0.709. The molecule has 0 amide bonds. The molecule has 2 heterocycles. The highest BCUT2D eigenvalue weighted by Gasteiger charge is 2.15. The van der Waals surface area contributed by atoms with Gasteiger partial charge in [-0.05, 0) is 43.7 Å². The molecule has 0 bridgehead atoms. The topological polar surface area (TPSA) is 75.8 Å². The smallest absolute Gasteiger partial charge is 0.258 e. The van der Waals surface area contributed by atoms with Crippen LogP contribution in [0, 0.1) is 25.2 Å². The van der Waals surface area contributed by atoms with Crippen LogP contribution in [0.25, 0.3) is 22.8 Å². The fourth-order valence-electron chi connectivity index (χ4n) is 2.03. The molecule has 5 nitrogen and oxygen atoms in total. The first-order chi connectivity index (χ1) is 9.69. The second-order valence-electron chi connectivity index (χ2n) is 4.46. The van der Waals surface area contributed by atoms with Crippen molar-refractivity contribution in [3.63, 3.8) is 0 Å². The van der Waals surface area contributed by atoms with Crippen molar-refractivity contribution in [1.82, 2.24) is 10.1 Å². The summed E-state index contributed by atoms with van der Waals surface area (Å²) in [7, 11) is 0. The van der Waals surface area contributed by atoms with Crippen LogP contribution in [-0.2, 0) is 0 Å². The van der Waals surface area contributed by atoms with Gasteiger partial charge < -0.3 is 8.94 Å². The van der Waals surface area contributed by atoms with Crippen molar-refractivity contribution in [2.75, 3.05) is 0 Å². The van der Waals surface area contributed by atoms with Gasteiger partial charge in [-0.1, -0.05) is 5.16 Å². The molecule has 0 spiro atoms. The highest BCUT2D eigenvalue weighted by atomic mass is 16.5. The summed E-state index contributed by atoms with van der Waals surface area (Å²) >= 11 is 0. The van der Waals surface area contributed by atoms with Crippen molar-refractivity contribution >= 4 is 0 Å². The van der Waals surface area contributed by atoms with Crippen LogP contribution in [-0.4, -0.2) is 10.1 Å². The second-order valence-corrected chi connectivity index (χ2v) is 4.46. The minimum Gasteiger partial charge on any atom is -0.469 e. The molecule has 0 saturated carbocycles. The molecule has 0 fully saturated rings. The standard InChI is InChI=1S/C15H11N3O2/c1-9-7-11(8-16)3-4-12(9)15-17-14(18-20-15)13-5-6-19-10(13)2/h3-7H,1-2H3. The zero-order chi connectivity index (χ0) is 14.1. The van der Waals surface area contributed by atoms with Crippen molar-refractivity contribution in [3.8, 4) is 28.9 Å². The van der Waals surface area contributed by atoms with Crippen molar-refractivity contribution in [2.24, 2.45) is 0 Å². The summed E-state index contributed by atoms with van der Waals surface area (Å²) in [6.07, 6.45) is 1.59. The Morgan fingerprint density at radius 2 is 2.00 bits per heavy atom. The number of furan rings is 1. The monoisotopic (exact) mass is 265 g/mol. The van der Waals surface area contributed by atoms with Gasteiger partial charge in [0.2, 0.25) is 5.82 Å². The summed E-state index contributed by atoms with van der Waals surface area (Å²) in [6, 6.07) is 9.24. The third kappa shape index (κ3) is 1.97. The summed E-state index contributed by atoms with van der Waals surface area (Å²) in [5.74, 6) is 1.67. The minimum absolute atomic E-state index is 0.433. The molecule has 0 aliphatic heterocycles. The zero-order valence-corrected chi connectivity index (χ0v) is 11.0. The van der Waals surface area contributed by atoms with Crippen LogP contribution >= 0.6 is 0 Å². The number of hydrogen-bond acceptors (Lipinski definition) is 5. The van der Waals surface area contributed by atoms with E-state index in [-0.39, 0.29) is 0 Å². The van der Waals surface area contributed by atoms with E-state index in [1.807, 2.05) is 19.9 Å². The number of nitrogens with zero attached hydrogens (tertiary/aromatic N) is 3. The maximum absolute atomic E-state index is 8.87. The zero-order valence-electron chi connectivity index (χ0n) is 11.0. The van der Waals surface area contributed by atoms with E-state index in [0.717, 1.165) is 22.5 Å². The molecule has 0 N–H and O–H groups in total. The lowest BCUT2D eigenvalue weighted by atomic mass is 10.1. The van der Waals surface area contributed by atoms with Gasteiger partial charge in [0.25, 0.3) is 5.89 Å². The Labute approximate surface area is 115 Å². The molecule has 0 radical (unpaired) electrons. The molecule has 20 heavy (non-hydrogen) atoms. The van der Waals surface area contributed by atoms with E-state index in [0.29, 0.717) is 17.3 Å². The molecule has 0 atom stereocenters. The van der Waals surface area contributed by atoms with Crippen molar-refractivity contribution in [1.29, 1.82) is 5.26 Å². The number of nitriles is 1. The van der Waals surface area contributed by atoms with Gasteiger partial charge in [-0.2, -0.15) is 10.2 Å². The molecule has 0 aliphatic rings. The average Bonchev–Trinajstić information content (AvgIpc) is 3.07. The summed E-state index contributed by atoms with van der Waals surface area (Å²) in [5.41, 5.74) is 3.16. The average molecular weight is 265 g/mol. The van der Waals surface area contributed by atoms with E-state index in [9.17, 15) is 0 Å². The molecule has 1 aromatic carbocycles. The van der Waals surface area contributed by atoms with Gasteiger partial charge in [-0.15, -0.1) is 0 Å². The van der Waals surface area contributed by atoms with Crippen molar-refractivity contribution in [3.05, 3.63) is 47.4 Å². The molecule has 3 rings (SSSR count). The summed E-state index contributed by atoms with van der Waals surface area (Å²) in [5, 5.41) is 12.8. The lowest BCUT2D eigenvalue weighted by Crippen LogP contribution is -1.86. The van der Waals surface area contributed by atoms with Crippen LogP contribution in [0.1, 0.15) is 16.9 Å². The SMILES string of the molecule is Cc1cc(C#N)ccc1-c1nc(-c2ccoc2C)no1. The van der Waals surface area contributed by atoms with Crippen molar-refractivity contribution in [2.45, 2.75) is 13.8 Å². The predicted molar refractivity (Wildman–Crippen MR) is 71.6 cm³/mol. The molecular weight excluding hydrogens is 254 g/mol. The van der Waals surface area contributed by atoms with Gasteiger partial charge in [0.05, 0.1) is 23.5 Å². The third-order valence-electron chi connectivity index (χ3n) is 3.11. The number of rotatable bonds is 2. The largest absolute Gasteiger partial charge is 0.469 e. The summed E-state index contributed by atoms with van der Waals surface area (Å²) < 4.78 is 10.5. The number of hydrogen-bond donors (Lipinski definition) is 0. The normalized spacial score (nSPS) is 10.4. The summed E-state index contributed by atoms with van der Waals surface area (Å²) in [6.45, 7) is 3.75. The first-order valence-electron chi connectivity index (χ1n) is 6.08. The maximum Gasteiger partial charge on any atom is 0.258 e. The van der Waals surface area contributed by atoms with E-state index in [4.69, 9.17) is 14.2 Å². The van der Waals surface area contributed by atoms with Gasteiger partial charge in [-0.25, -0.2) is 0 Å². The van der Waals surface area contributed by atoms with Crippen LogP contribution in [0.4, 0.5) is 0 Å². The van der Waals surface area contributed by atoms with E-state index in [2.05, 4.69) is 16.2 Å². The Hall–Kier alpha value is -2.87. The first-order valence-corrected chi connectivity index (χ1v) is 6.08. The number of aryl methyl sites for hydroxylation is 2. The minimum atomic E-state index is 0.433. The molecule has 5 heteroatoms. The van der Waals surface area contributed by atoms with Crippen LogP contribution in [0.15, 0.2) is 39.5 Å². The highest BCUT2D eigenvalue weighted by molar-refractivity contribution is 5.64. The lowest BCUT2D eigenvalue weighted by Gasteiger charge is -1.99. The Morgan fingerprint density at radius 3 is 2.65 bits per heavy atom. The fourth-order valence-corrected chi connectivity index (χ4v) is 2.03. The molecule has 98 valence electrons. The van der Waals surface area contributed by atoms with Crippen LogP contribution < -0.4 is 0 Å². The predicted octanol–water partition coefficient (Wildman–Crippen LogP) is 3.49. The Balaban J connectivity index is 2.03. The Bertz CT molecular complexity index is 809. The Kier molecular flexibility index (Phi) is 2.84. The van der Waals surface area contributed by atoms with E-state index in [1.165, 1.54) is 0 Å². The third-order valence-corrected chi connectivity index (χ3v) is 3.11. The van der Waals surface area contributed by atoms with Crippen molar-refractivity contribution < 1.29 is 8.94 Å². The lowest BCUT2D eigenvalue weighted by molar-refractivity contribution is 0.432.